The number of hydrogen-bond acceptors (Lipinski definition) is 6. The molecule has 3 N–H and O–H groups in total. The Kier molecular flexibility index (Phi) is 2.77. The van der Waals surface area contributed by atoms with Crippen molar-refractivity contribution in [3.05, 3.63) is 28.5 Å². The molecule has 0 atom stereocenters. The minimum Gasteiger partial charge on any atom is -0.382 e. The van der Waals surface area contributed by atoms with E-state index < -0.39 is 0 Å². The van der Waals surface area contributed by atoms with E-state index in [1.54, 1.807) is 17.5 Å². The van der Waals surface area contributed by atoms with Crippen molar-refractivity contribution in [3.63, 3.8) is 0 Å². The Bertz CT molecular complexity index is 453. The molecule has 0 aliphatic rings. The standard InChI is InChI=1S/C9H11N5S/c1-6-13-7(5-15-6)2-12-9-4-11-3-8(10)14-9/h3-5H,2H2,1H3,(H3,10,12,14). The first-order chi connectivity index (χ1) is 7.24. The van der Waals surface area contributed by atoms with Crippen molar-refractivity contribution in [1.82, 2.24) is 15.0 Å². The maximum atomic E-state index is 5.50. The third-order valence-corrected chi connectivity index (χ3v) is 2.59. The predicted molar refractivity (Wildman–Crippen MR) is 60.6 cm³/mol. The number of aromatic nitrogens is 3. The summed E-state index contributed by atoms with van der Waals surface area (Å²) in [5.74, 6) is 1.08. The van der Waals surface area contributed by atoms with Gasteiger partial charge in [-0.3, -0.25) is 4.98 Å². The molecule has 0 aromatic carbocycles. The molecule has 5 nitrogen and oxygen atoms in total. The second-order valence-corrected chi connectivity index (χ2v) is 4.10. The molecule has 0 amide bonds. The number of anilines is 2. The van der Waals surface area contributed by atoms with Gasteiger partial charge in [0.15, 0.2) is 0 Å². The fraction of sp³-hybridized carbons (Fsp3) is 0.222. The Morgan fingerprint density at radius 1 is 1.40 bits per heavy atom. The quantitative estimate of drug-likeness (QED) is 0.820. The van der Waals surface area contributed by atoms with Crippen LogP contribution in [0, 0.1) is 6.92 Å². The van der Waals surface area contributed by atoms with Gasteiger partial charge in [-0.25, -0.2) is 9.97 Å². The molecule has 0 spiro atoms. The Morgan fingerprint density at radius 2 is 2.27 bits per heavy atom. The fourth-order valence-corrected chi connectivity index (χ4v) is 1.75. The molecule has 2 rings (SSSR count). The summed E-state index contributed by atoms with van der Waals surface area (Å²) < 4.78 is 0. The van der Waals surface area contributed by atoms with E-state index >= 15 is 0 Å². The van der Waals surface area contributed by atoms with Crippen LogP contribution in [0.25, 0.3) is 0 Å². The van der Waals surface area contributed by atoms with Crippen LogP contribution in [0.5, 0.6) is 0 Å². The largest absolute Gasteiger partial charge is 0.382 e. The van der Waals surface area contributed by atoms with Crippen LogP contribution in [0.2, 0.25) is 0 Å². The van der Waals surface area contributed by atoms with E-state index in [2.05, 4.69) is 20.3 Å². The number of nitrogens with two attached hydrogens (primary N) is 1. The summed E-state index contributed by atoms with van der Waals surface area (Å²) in [6.07, 6.45) is 3.15. The number of aryl methyl sites for hydroxylation is 1. The maximum Gasteiger partial charge on any atom is 0.147 e. The van der Waals surface area contributed by atoms with Crippen molar-refractivity contribution >= 4 is 23.0 Å². The highest BCUT2D eigenvalue weighted by Crippen LogP contribution is 2.10. The normalized spacial score (nSPS) is 10.2. The molecule has 0 fully saturated rings. The maximum absolute atomic E-state index is 5.50. The minimum atomic E-state index is 0.412. The first-order valence-electron chi connectivity index (χ1n) is 4.46. The molecule has 0 bridgehead atoms. The van der Waals surface area contributed by atoms with E-state index in [0.29, 0.717) is 18.2 Å². The van der Waals surface area contributed by atoms with Crippen LogP contribution in [-0.4, -0.2) is 15.0 Å². The van der Waals surface area contributed by atoms with Crippen LogP contribution in [-0.2, 0) is 6.54 Å². The van der Waals surface area contributed by atoms with E-state index in [4.69, 9.17) is 5.73 Å². The van der Waals surface area contributed by atoms with Gasteiger partial charge in [0.1, 0.15) is 11.6 Å². The number of thiazole rings is 1. The lowest BCUT2D eigenvalue weighted by Gasteiger charge is -2.02. The summed E-state index contributed by atoms with van der Waals surface area (Å²) >= 11 is 1.63. The molecule has 2 heterocycles. The van der Waals surface area contributed by atoms with E-state index in [1.165, 1.54) is 6.20 Å². The predicted octanol–water partition coefficient (Wildman–Crippen LogP) is 1.44. The first-order valence-corrected chi connectivity index (χ1v) is 5.34. The molecule has 0 unspecified atom stereocenters. The number of nitrogens with zero attached hydrogens (tertiary/aromatic N) is 3. The molecule has 2 aromatic rings. The molecule has 0 saturated carbocycles. The Labute approximate surface area is 91.4 Å². The molecule has 78 valence electrons. The van der Waals surface area contributed by atoms with Crippen molar-refractivity contribution < 1.29 is 0 Å². The monoisotopic (exact) mass is 221 g/mol. The third kappa shape index (κ3) is 2.63. The Balaban J connectivity index is 1.99. The van der Waals surface area contributed by atoms with Crippen LogP contribution in [0.3, 0.4) is 0 Å². The van der Waals surface area contributed by atoms with Crippen molar-refractivity contribution in [1.29, 1.82) is 0 Å². The summed E-state index contributed by atoms with van der Waals surface area (Å²) in [7, 11) is 0. The second-order valence-electron chi connectivity index (χ2n) is 3.04. The lowest BCUT2D eigenvalue weighted by atomic mass is 10.5. The fourth-order valence-electron chi connectivity index (χ4n) is 1.14. The Morgan fingerprint density at radius 3 is 2.93 bits per heavy atom. The summed E-state index contributed by atoms with van der Waals surface area (Å²) in [6, 6.07) is 0. The van der Waals surface area contributed by atoms with Gasteiger partial charge in [-0.2, -0.15) is 0 Å². The van der Waals surface area contributed by atoms with Crippen molar-refractivity contribution in [3.8, 4) is 0 Å². The lowest BCUT2D eigenvalue weighted by molar-refractivity contribution is 1.03. The van der Waals surface area contributed by atoms with E-state index in [1.807, 2.05) is 12.3 Å². The molecule has 0 saturated heterocycles. The van der Waals surface area contributed by atoms with Gasteiger partial charge in [-0.05, 0) is 6.92 Å². The van der Waals surface area contributed by atoms with Crippen LogP contribution >= 0.6 is 11.3 Å². The number of nitrogens with one attached hydrogen (secondary N) is 1. The molecule has 2 aromatic heterocycles. The van der Waals surface area contributed by atoms with Crippen molar-refractivity contribution in [2.24, 2.45) is 0 Å². The highest BCUT2D eigenvalue weighted by Gasteiger charge is 1.99. The molecule has 0 aliphatic heterocycles. The zero-order chi connectivity index (χ0) is 10.7. The summed E-state index contributed by atoms with van der Waals surface area (Å²) in [5.41, 5.74) is 6.51. The minimum absolute atomic E-state index is 0.412. The number of nitrogen functional groups attached to an aromatic ring is 1. The summed E-state index contributed by atoms with van der Waals surface area (Å²) in [6.45, 7) is 2.62. The van der Waals surface area contributed by atoms with E-state index in [9.17, 15) is 0 Å². The summed E-state index contributed by atoms with van der Waals surface area (Å²) in [4.78, 5) is 12.3. The van der Waals surface area contributed by atoms with Crippen LogP contribution in [0.4, 0.5) is 11.6 Å². The van der Waals surface area contributed by atoms with Crippen LogP contribution < -0.4 is 11.1 Å². The molecule has 0 aliphatic carbocycles. The molecular formula is C9H11N5S. The zero-order valence-electron chi connectivity index (χ0n) is 8.27. The van der Waals surface area contributed by atoms with Gasteiger partial charge in [0, 0.05) is 5.38 Å². The molecule has 0 radical (unpaired) electrons. The highest BCUT2D eigenvalue weighted by atomic mass is 32.1. The number of rotatable bonds is 3. The summed E-state index contributed by atoms with van der Waals surface area (Å²) in [5, 5.41) is 6.18. The molecule has 6 heteroatoms. The smallest absolute Gasteiger partial charge is 0.147 e. The van der Waals surface area contributed by atoms with Crippen LogP contribution in [0.15, 0.2) is 17.8 Å². The molecule has 15 heavy (non-hydrogen) atoms. The Hall–Kier alpha value is -1.69. The van der Waals surface area contributed by atoms with Gasteiger partial charge in [-0.1, -0.05) is 0 Å². The van der Waals surface area contributed by atoms with Crippen LogP contribution in [0.1, 0.15) is 10.7 Å². The third-order valence-electron chi connectivity index (χ3n) is 1.77. The highest BCUT2D eigenvalue weighted by molar-refractivity contribution is 7.09. The van der Waals surface area contributed by atoms with E-state index in [0.717, 1.165) is 10.7 Å². The first kappa shape index (κ1) is 9.85. The average Bonchev–Trinajstić information content (AvgIpc) is 2.62. The van der Waals surface area contributed by atoms with Crippen molar-refractivity contribution in [2.75, 3.05) is 11.1 Å². The topological polar surface area (TPSA) is 76.7 Å². The van der Waals surface area contributed by atoms with Gasteiger partial charge in [0.05, 0.1) is 29.6 Å². The zero-order valence-corrected chi connectivity index (χ0v) is 9.08. The number of hydrogen-bond donors (Lipinski definition) is 2. The second kappa shape index (κ2) is 4.22. The van der Waals surface area contributed by atoms with Gasteiger partial charge in [0.2, 0.25) is 0 Å². The SMILES string of the molecule is Cc1nc(CNc2cncc(N)n2)cs1. The average molecular weight is 221 g/mol. The van der Waals surface area contributed by atoms with Gasteiger partial charge < -0.3 is 11.1 Å². The van der Waals surface area contributed by atoms with Gasteiger partial charge >= 0.3 is 0 Å². The lowest BCUT2D eigenvalue weighted by Crippen LogP contribution is -2.03. The van der Waals surface area contributed by atoms with E-state index in [-0.39, 0.29) is 0 Å². The van der Waals surface area contributed by atoms with Gasteiger partial charge in [0.25, 0.3) is 0 Å². The van der Waals surface area contributed by atoms with Gasteiger partial charge in [-0.15, -0.1) is 11.3 Å². The van der Waals surface area contributed by atoms with Crippen molar-refractivity contribution in [2.45, 2.75) is 13.5 Å². The molecular weight excluding hydrogens is 210 g/mol.